The molecule has 136 valence electrons. The van der Waals surface area contributed by atoms with E-state index in [2.05, 4.69) is 90.2 Å². The van der Waals surface area contributed by atoms with E-state index >= 15 is 0 Å². The molecule has 0 bridgehead atoms. The molecule has 0 aliphatic heterocycles. The van der Waals surface area contributed by atoms with Crippen LogP contribution in [0.25, 0.3) is 0 Å². The molecule has 25 heavy (non-hydrogen) atoms. The lowest BCUT2D eigenvalue weighted by Gasteiger charge is -2.24. The first kappa shape index (κ1) is 19.9. The van der Waals surface area contributed by atoms with E-state index < -0.39 is 0 Å². The molecule has 2 rings (SSSR count). The average molecular weight is 357 g/mol. The van der Waals surface area contributed by atoms with Crippen LogP contribution in [-0.2, 0) is 12.0 Å². The largest absolute Gasteiger partial charge is 0.507 e. The molecule has 0 saturated carbocycles. The molecule has 0 saturated heterocycles. The van der Waals surface area contributed by atoms with Crippen molar-refractivity contribution in [3.63, 3.8) is 0 Å². The van der Waals surface area contributed by atoms with E-state index in [1.165, 1.54) is 16.4 Å². The lowest BCUT2D eigenvalue weighted by molar-refractivity contribution is 0.425. The summed E-state index contributed by atoms with van der Waals surface area (Å²) in [5.74, 6) is 0.454. The van der Waals surface area contributed by atoms with Gasteiger partial charge < -0.3 is 10.4 Å². The van der Waals surface area contributed by atoms with Crippen LogP contribution in [0.2, 0.25) is 0 Å². The Hall–Kier alpha value is -1.37. The van der Waals surface area contributed by atoms with Gasteiger partial charge in [0.05, 0.1) is 0 Å². The van der Waals surface area contributed by atoms with E-state index in [1.807, 2.05) is 0 Å². The minimum Gasteiger partial charge on any atom is -0.507 e. The summed E-state index contributed by atoms with van der Waals surface area (Å²) in [4.78, 5) is 0. The van der Waals surface area contributed by atoms with Crippen molar-refractivity contribution in [3.05, 3.63) is 53.1 Å². The van der Waals surface area contributed by atoms with Gasteiger partial charge in [-0.25, -0.2) is 0 Å². The molecule has 0 spiro atoms. The van der Waals surface area contributed by atoms with E-state index in [0.717, 1.165) is 17.4 Å². The number of hydrogen-bond donors (Lipinski definition) is 2. The van der Waals surface area contributed by atoms with Crippen molar-refractivity contribution in [2.45, 2.75) is 66.0 Å². The number of rotatable bonds is 4. The highest BCUT2D eigenvalue weighted by molar-refractivity contribution is 7.55. The number of hydrogen-bond acceptors (Lipinski definition) is 2. The molecule has 0 aromatic heterocycles. The third-order valence-corrected chi connectivity index (χ3v) is 5.57. The first-order valence-electron chi connectivity index (χ1n) is 8.91. The maximum Gasteiger partial charge on any atom is 0.127 e. The fourth-order valence-corrected chi connectivity index (χ4v) is 4.10. The van der Waals surface area contributed by atoms with Gasteiger partial charge in [-0.2, -0.15) is 0 Å². The third-order valence-electron chi connectivity index (χ3n) is 4.16. The summed E-state index contributed by atoms with van der Waals surface area (Å²) in [7, 11) is 0.450. The van der Waals surface area contributed by atoms with Gasteiger partial charge in [0.15, 0.2) is 0 Å². The second kappa shape index (κ2) is 7.48. The lowest BCUT2D eigenvalue weighted by Crippen LogP contribution is -2.36. The Balaban J connectivity index is 2.36. The first-order valence-corrected chi connectivity index (χ1v) is 9.91. The van der Waals surface area contributed by atoms with E-state index in [4.69, 9.17) is 0 Å². The number of phenols is 1. The van der Waals surface area contributed by atoms with Gasteiger partial charge in [-0.15, -0.1) is 0 Å². The van der Waals surface area contributed by atoms with Crippen LogP contribution < -0.4 is 15.9 Å². The van der Waals surface area contributed by atoms with Crippen molar-refractivity contribution in [1.82, 2.24) is 5.32 Å². The van der Waals surface area contributed by atoms with Crippen molar-refractivity contribution in [3.8, 4) is 5.75 Å². The topological polar surface area (TPSA) is 32.3 Å². The fourth-order valence-electron chi connectivity index (χ4n) is 2.75. The Morgan fingerprint density at radius 1 is 0.960 bits per heavy atom. The Morgan fingerprint density at radius 2 is 1.60 bits per heavy atom. The molecule has 2 aromatic rings. The quantitative estimate of drug-likeness (QED) is 0.789. The molecule has 0 aliphatic carbocycles. The van der Waals surface area contributed by atoms with Crippen molar-refractivity contribution in [2.75, 3.05) is 0 Å². The minimum absolute atomic E-state index is 0.0668. The Kier molecular flexibility index (Phi) is 5.97. The summed E-state index contributed by atoms with van der Waals surface area (Å²) in [6, 6.07) is 12.8. The summed E-state index contributed by atoms with van der Waals surface area (Å²) in [6.45, 7) is 15.9. The van der Waals surface area contributed by atoms with Crippen LogP contribution >= 0.6 is 8.58 Å². The van der Waals surface area contributed by atoms with Crippen LogP contribution in [0, 0.1) is 6.92 Å². The lowest BCUT2D eigenvalue weighted by atomic mass is 9.85. The summed E-state index contributed by atoms with van der Waals surface area (Å²) >= 11 is 0. The molecule has 2 nitrogen and oxygen atoms in total. The normalized spacial score (nSPS) is 12.9. The van der Waals surface area contributed by atoms with Crippen LogP contribution in [0.4, 0.5) is 0 Å². The molecule has 0 aliphatic rings. The molecular formula is C22H32NOP. The minimum atomic E-state index is -0.0668. The summed E-state index contributed by atoms with van der Waals surface area (Å²) < 4.78 is 0. The summed E-state index contributed by atoms with van der Waals surface area (Å²) in [6.07, 6.45) is 0. The molecule has 1 unspecified atom stereocenters. The zero-order valence-corrected chi connectivity index (χ0v) is 17.6. The maximum atomic E-state index is 10.9. The molecule has 2 aromatic carbocycles. The molecule has 3 heteroatoms. The Labute approximate surface area is 154 Å². The molecule has 0 heterocycles. The van der Waals surface area contributed by atoms with E-state index in [-0.39, 0.29) is 11.0 Å². The second-order valence-corrected chi connectivity index (χ2v) is 10.2. The number of aryl methyl sites for hydroxylation is 1. The maximum absolute atomic E-state index is 10.9. The second-order valence-electron chi connectivity index (χ2n) is 8.84. The monoisotopic (exact) mass is 357 g/mol. The SMILES string of the molecule is Cc1cc(Pc2ccccc2CNC(C)(C)C)c(O)c(C(C)(C)C)c1. The molecule has 0 radical (unpaired) electrons. The van der Waals surface area contributed by atoms with Crippen molar-refractivity contribution < 1.29 is 5.11 Å². The van der Waals surface area contributed by atoms with Gasteiger partial charge in [0.25, 0.3) is 0 Å². The number of aromatic hydroxyl groups is 1. The van der Waals surface area contributed by atoms with Gasteiger partial charge >= 0.3 is 0 Å². The molecule has 2 N–H and O–H groups in total. The van der Waals surface area contributed by atoms with Crippen molar-refractivity contribution >= 4 is 19.2 Å². The molecule has 0 fully saturated rings. The smallest absolute Gasteiger partial charge is 0.127 e. The van der Waals surface area contributed by atoms with Gasteiger partial charge in [-0.1, -0.05) is 59.7 Å². The van der Waals surface area contributed by atoms with E-state index in [0.29, 0.717) is 14.3 Å². The Morgan fingerprint density at radius 3 is 2.20 bits per heavy atom. The van der Waals surface area contributed by atoms with Gasteiger partial charge in [0, 0.05) is 23.0 Å². The highest BCUT2D eigenvalue weighted by Crippen LogP contribution is 2.33. The van der Waals surface area contributed by atoms with Crippen LogP contribution in [-0.4, -0.2) is 10.6 Å². The van der Waals surface area contributed by atoms with Crippen LogP contribution in [0.15, 0.2) is 36.4 Å². The zero-order valence-electron chi connectivity index (χ0n) is 16.6. The third kappa shape index (κ3) is 5.56. The van der Waals surface area contributed by atoms with Crippen molar-refractivity contribution in [2.24, 2.45) is 0 Å². The number of phenolic OH excluding ortho intramolecular Hbond substituents is 1. The van der Waals surface area contributed by atoms with Gasteiger partial charge in [0.2, 0.25) is 0 Å². The highest BCUT2D eigenvalue weighted by Gasteiger charge is 2.21. The Bertz CT molecular complexity index is 739. The van der Waals surface area contributed by atoms with E-state index in [1.54, 1.807) is 0 Å². The standard InChI is InChI=1S/C22H32NOP/c1-15-12-17(21(2,3)4)20(24)19(13-15)25-18-11-9-8-10-16(18)14-23-22(5,6)7/h8-13,23-25H,14H2,1-7H3. The van der Waals surface area contributed by atoms with Crippen LogP contribution in [0.1, 0.15) is 58.2 Å². The number of benzene rings is 2. The average Bonchev–Trinajstić information content (AvgIpc) is 2.47. The highest BCUT2D eigenvalue weighted by atomic mass is 31.1. The summed E-state index contributed by atoms with van der Waals surface area (Å²) in [5.41, 5.74) is 3.55. The molecular weight excluding hydrogens is 325 g/mol. The fraction of sp³-hybridized carbons (Fsp3) is 0.455. The summed E-state index contributed by atoms with van der Waals surface area (Å²) in [5, 5.41) is 16.7. The first-order chi connectivity index (χ1) is 11.5. The predicted octanol–water partition coefficient (Wildman–Crippen LogP) is 4.52. The van der Waals surface area contributed by atoms with Gasteiger partial charge in [-0.05, 0) is 55.6 Å². The number of nitrogens with one attached hydrogen (secondary N) is 1. The predicted molar refractivity (Wildman–Crippen MR) is 112 cm³/mol. The molecule has 1 atom stereocenters. The molecule has 0 amide bonds. The van der Waals surface area contributed by atoms with Gasteiger partial charge in [0.1, 0.15) is 5.75 Å². The van der Waals surface area contributed by atoms with E-state index in [9.17, 15) is 5.11 Å². The van der Waals surface area contributed by atoms with Crippen LogP contribution in [0.5, 0.6) is 5.75 Å². The van der Waals surface area contributed by atoms with Crippen LogP contribution in [0.3, 0.4) is 0 Å². The zero-order chi connectivity index (χ0) is 18.8. The van der Waals surface area contributed by atoms with Crippen molar-refractivity contribution in [1.29, 1.82) is 0 Å². The van der Waals surface area contributed by atoms with Gasteiger partial charge in [-0.3, -0.25) is 0 Å².